The first-order chi connectivity index (χ1) is 17.1. The molecule has 0 radical (unpaired) electrons. The van der Waals surface area contributed by atoms with Crippen LogP contribution in [0.4, 0.5) is 0 Å². The number of fused-ring (bicyclic) bond motifs is 9. The topological polar surface area (TPSA) is 18.5 Å². The van der Waals surface area contributed by atoms with Gasteiger partial charge in [0.1, 0.15) is 0 Å². The zero-order valence-electron chi connectivity index (χ0n) is 22.6. The summed E-state index contributed by atoms with van der Waals surface area (Å²) in [5.74, 6) is 0. The number of benzene rings is 3. The second-order valence-electron chi connectivity index (χ2n) is 13.1. The zero-order valence-corrected chi connectivity index (χ0v) is 22.6. The molecule has 0 aromatic heterocycles. The molecule has 3 heteroatoms. The zero-order chi connectivity index (χ0) is 25.1. The Bertz CT molecular complexity index is 1390. The summed E-state index contributed by atoms with van der Waals surface area (Å²) < 4.78 is 13.0. The third-order valence-corrected chi connectivity index (χ3v) is 10.3. The summed E-state index contributed by atoms with van der Waals surface area (Å²) in [4.78, 5) is 0. The maximum absolute atomic E-state index is 6.48. The highest BCUT2D eigenvalue weighted by Crippen LogP contribution is 2.62. The van der Waals surface area contributed by atoms with Crippen LogP contribution in [0.1, 0.15) is 95.9 Å². The molecule has 0 N–H and O–H groups in total. The van der Waals surface area contributed by atoms with Gasteiger partial charge in [-0.15, -0.1) is 0 Å². The summed E-state index contributed by atoms with van der Waals surface area (Å²) in [5, 5.41) is 0. The van der Waals surface area contributed by atoms with Crippen LogP contribution >= 0.6 is 0 Å². The fourth-order valence-electron chi connectivity index (χ4n) is 7.65. The Kier molecular flexibility index (Phi) is 4.53. The van der Waals surface area contributed by atoms with Crippen molar-refractivity contribution in [3.05, 3.63) is 76.9 Å². The van der Waals surface area contributed by atoms with E-state index in [4.69, 9.17) is 9.31 Å². The number of rotatable bonds is 1. The van der Waals surface area contributed by atoms with Crippen molar-refractivity contribution in [2.75, 3.05) is 0 Å². The molecule has 3 aromatic carbocycles. The van der Waals surface area contributed by atoms with Crippen LogP contribution in [0.15, 0.2) is 54.6 Å². The van der Waals surface area contributed by atoms with Crippen molar-refractivity contribution < 1.29 is 9.31 Å². The van der Waals surface area contributed by atoms with Crippen LogP contribution in [0.25, 0.3) is 22.3 Å². The Hall–Kier alpha value is -2.36. The summed E-state index contributed by atoms with van der Waals surface area (Å²) >= 11 is 0. The highest BCUT2D eigenvalue weighted by atomic mass is 16.7. The van der Waals surface area contributed by atoms with Gasteiger partial charge in [-0.05, 0) is 90.5 Å². The SMILES string of the molecule is CC1(C)c2ccc(B3OC(C)(C)C(C)(C)O3)cc2-c2c1ccc1c2C2(CCCCC2)c2ccccc2-1. The van der Waals surface area contributed by atoms with Gasteiger partial charge in [0, 0.05) is 10.8 Å². The summed E-state index contributed by atoms with van der Waals surface area (Å²) in [7, 11) is -0.343. The molecule has 1 saturated heterocycles. The standard InChI is InChI=1S/C33H37BO2/c1-30(2)25-16-14-21(34-35-31(3,4)32(5,6)36-34)20-24(25)28-27(30)17-15-23-22-12-8-9-13-26(22)33(29(23)28)18-10-7-11-19-33/h8-9,12-17,20H,7,10-11,18-19H2,1-6H3. The molecule has 2 nitrogen and oxygen atoms in total. The van der Waals surface area contributed by atoms with Gasteiger partial charge in [-0.25, -0.2) is 0 Å². The Morgan fingerprint density at radius 3 is 2.03 bits per heavy atom. The van der Waals surface area contributed by atoms with Gasteiger partial charge in [-0.2, -0.15) is 0 Å². The predicted octanol–water partition coefficient (Wildman–Crippen LogP) is 7.52. The highest BCUT2D eigenvalue weighted by Gasteiger charge is 2.53. The molecule has 1 heterocycles. The monoisotopic (exact) mass is 476 g/mol. The van der Waals surface area contributed by atoms with E-state index in [0.717, 1.165) is 5.46 Å². The lowest BCUT2D eigenvalue weighted by Gasteiger charge is -2.37. The Morgan fingerprint density at radius 1 is 0.639 bits per heavy atom. The van der Waals surface area contributed by atoms with Gasteiger partial charge in [-0.3, -0.25) is 0 Å². The molecule has 0 atom stereocenters. The average Bonchev–Trinajstić information content (AvgIpc) is 3.35. The summed E-state index contributed by atoms with van der Waals surface area (Å²) in [6.45, 7) is 13.3. The molecule has 0 bridgehead atoms. The fourth-order valence-corrected chi connectivity index (χ4v) is 7.65. The van der Waals surface area contributed by atoms with E-state index in [0.29, 0.717) is 0 Å². The molecule has 0 amide bonds. The highest BCUT2D eigenvalue weighted by molar-refractivity contribution is 6.62. The van der Waals surface area contributed by atoms with Gasteiger partial charge >= 0.3 is 7.12 Å². The average molecular weight is 476 g/mol. The first kappa shape index (κ1) is 22.8. The van der Waals surface area contributed by atoms with Crippen LogP contribution in [0.3, 0.4) is 0 Å². The van der Waals surface area contributed by atoms with E-state index in [2.05, 4.69) is 96.1 Å². The third-order valence-electron chi connectivity index (χ3n) is 10.3. The Balaban J connectivity index is 1.47. The minimum Gasteiger partial charge on any atom is -0.399 e. The summed E-state index contributed by atoms with van der Waals surface area (Å²) in [6, 6.07) is 21.0. The van der Waals surface area contributed by atoms with E-state index in [1.165, 1.54) is 65.5 Å². The van der Waals surface area contributed by atoms with Gasteiger partial charge in [0.05, 0.1) is 11.2 Å². The van der Waals surface area contributed by atoms with Crippen LogP contribution in [-0.2, 0) is 20.1 Å². The van der Waals surface area contributed by atoms with Crippen LogP contribution < -0.4 is 5.46 Å². The maximum Gasteiger partial charge on any atom is 0.494 e. The van der Waals surface area contributed by atoms with E-state index < -0.39 is 0 Å². The van der Waals surface area contributed by atoms with E-state index >= 15 is 0 Å². The maximum atomic E-state index is 6.48. The molecule has 1 saturated carbocycles. The molecule has 36 heavy (non-hydrogen) atoms. The summed E-state index contributed by atoms with van der Waals surface area (Å²) in [5.41, 5.74) is 12.4. The van der Waals surface area contributed by atoms with Crippen molar-refractivity contribution in [1.82, 2.24) is 0 Å². The van der Waals surface area contributed by atoms with Crippen molar-refractivity contribution >= 4 is 12.6 Å². The first-order valence-electron chi connectivity index (χ1n) is 13.9. The molecule has 184 valence electrons. The minimum atomic E-state index is -0.344. The minimum absolute atomic E-state index is 0.0290. The lowest BCUT2D eigenvalue weighted by molar-refractivity contribution is 0.00578. The lowest BCUT2D eigenvalue weighted by Crippen LogP contribution is -2.41. The number of hydrogen-bond donors (Lipinski definition) is 0. The van der Waals surface area contributed by atoms with Gasteiger partial charge in [0.2, 0.25) is 0 Å². The fraction of sp³-hybridized carbons (Fsp3) is 0.455. The quantitative estimate of drug-likeness (QED) is 0.338. The molecule has 1 spiro atoms. The Morgan fingerprint density at radius 2 is 1.31 bits per heavy atom. The number of hydrogen-bond acceptors (Lipinski definition) is 2. The second kappa shape index (κ2) is 7.14. The van der Waals surface area contributed by atoms with Crippen LogP contribution in [-0.4, -0.2) is 18.3 Å². The lowest BCUT2D eigenvalue weighted by atomic mass is 9.66. The smallest absolute Gasteiger partial charge is 0.399 e. The van der Waals surface area contributed by atoms with Gasteiger partial charge in [0.15, 0.2) is 0 Å². The van der Waals surface area contributed by atoms with Crippen LogP contribution in [0.2, 0.25) is 0 Å². The van der Waals surface area contributed by atoms with E-state index in [1.807, 2.05) is 0 Å². The van der Waals surface area contributed by atoms with E-state index in [9.17, 15) is 0 Å². The molecular weight excluding hydrogens is 439 g/mol. The van der Waals surface area contributed by atoms with E-state index in [-0.39, 0.29) is 29.2 Å². The molecule has 4 aliphatic rings. The van der Waals surface area contributed by atoms with Gasteiger partial charge in [-0.1, -0.05) is 87.7 Å². The third kappa shape index (κ3) is 2.77. The largest absolute Gasteiger partial charge is 0.494 e. The molecule has 7 rings (SSSR count). The Labute approximate surface area is 216 Å². The van der Waals surface area contributed by atoms with Crippen molar-refractivity contribution in [1.29, 1.82) is 0 Å². The summed E-state index contributed by atoms with van der Waals surface area (Å²) in [6.07, 6.45) is 6.46. The molecule has 1 aliphatic heterocycles. The van der Waals surface area contributed by atoms with E-state index in [1.54, 1.807) is 11.1 Å². The van der Waals surface area contributed by atoms with Crippen molar-refractivity contribution in [2.24, 2.45) is 0 Å². The molecule has 0 unspecified atom stereocenters. The van der Waals surface area contributed by atoms with Crippen molar-refractivity contribution in [2.45, 2.75) is 95.7 Å². The van der Waals surface area contributed by atoms with Crippen molar-refractivity contribution in [3.63, 3.8) is 0 Å². The molecule has 3 aliphatic carbocycles. The normalized spacial score (nSPS) is 23.3. The van der Waals surface area contributed by atoms with Crippen molar-refractivity contribution in [3.8, 4) is 22.3 Å². The second-order valence-corrected chi connectivity index (χ2v) is 13.1. The van der Waals surface area contributed by atoms with Gasteiger partial charge < -0.3 is 9.31 Å². The van der Waals surface area contributed by atoms with Gasteiger partial charge in [0.25, 0.3) is 0 Å². The van der Waals surface area contributed by atoms with Crippen LogP contribution in [0, 0.1) is 0 Å². The predicted molar refractivity (Wildman–Crippen MR) is 149 cm³/mol. The molecule has 3 aromatic rings. The molecular formula is C33H37BO2. The van der Waals surface area contributed by atoms with Crippen LogP contribution in [0.5, 0.6) is 0 Å². The molecule has 2 fully saturated rings. The first-order valence-corrected chi connectivity index (χ1v) is 13.9.